The molecule has 2 saturated heterocycles. The van der Waals surface area contributed by atoms with Gasteiger partial charge in [-0.3, -0.25) is 4.79 Å². The van der Waals surface area contributed by atoms with Gasteiger partial charge in [0, 0.05) is 38.2 Å². The molecule has 1 N–H and O–H groups in total. The number of anilines is 1. The molecule has 2 aliphatic heterocycles. The Morgan fingerprint density at radius 3 is 2.73 bits per heavy atom. The third-order valence-electron chi connectivity index (χ3n) is 5.64. The maximum atomic E-state index is 12.0. The van der Waals surface area contributed by atoms with E-state index >= 15 is 0 Å². The molecule has 156 valence electrons. The van der Waals surface area contributed by atoms with Gasteiger partial charge in [-0.25, -0.2) is 14.6 Å². The number of aromatic nitrogens is 4. The molecule has 0 saturated carbocycles. The second kappa shape index (κ2) is 7.91. The lowest BCUT2D eigenvalue weighted by atomic mass is 10.2. The Labute approximate surface area is 173 Å². The minimum atomic E-state index is 0.171. The Morgan fingerprint density at radius 2 is 1.97 bits per heavy atom. The number of phenolic OH excluding ortho intramolecular Hbond substituents is 1. The molecular weight excluding hydrogens is 384 g/mol. The fraction of sp³-hybridized carbons (Fsp3) is 0.429. The van der Waals surface area contributed by atoms with Crippen LogP contribution in [0.2, 0.25) is 0 Å². The van der Waals surface area contributed by atoms with Crippen molar-refractivity contribution < 1.29 is 14.6 Å². The first-order valence-corrected chi connectivity index (χ1v) is 10.3. The van der Waals surface area contributed by atoms with Gasteiger partial charge in [0.05, 0.1) is 31.3 Å². The van der Waals surface area contributed by atoms with E-state index in [2.05, 4.69) is 10.00 Å². The van der Waals surface area contributed by atoms with Gasteiger partial charge in [0.25, 0.3) is 0 Å². The maximum Gasteiger partial charge on any atom is 0.222 e. The van der Waals surface area contributed by atoms with Crippen LogP contribution in [0.5, 0.6) is 5.75 Å². The van der Waals surface area contributed by atoms with Crippen molar-refractivity contribution in [3.8, 4) is 17.1 Å². The highest BCUT2D eigenvalue weighted by Gasteiger charge is 2.23. The predicted molar refractivity (Wildman–Crippen MR) is 111 cm³/mol. The van der Waals surface area contributed by atoms with Crippen molar-refractivity contribution in [3.05, 3.63) is 30.5 Å². The summed E-state index contributed by atoms with van der Waals surface area (Å²) in [6.07, 6.45) is 3.35. The number of nitrogens with zero attached hydrogens (tertiary/aromatic N) is 6. The van der Waals surface area contributed by atoms with Gasteiger partial charge in [-0.2, -0.15) is 5.10 Å². The van der Waals surface area contributed by atoms with E-state index in [1.54, 1.807) is 24.4 Å². The Balaban J connectivity index is 1.55. The first kappa shape index (κ1) is 18.8. The van der Waals surface area contributed by atoms with Crippen LogP contribution >= 0.6 is 0 Å². The van der Waals surface area contributed by atoms with E-state index in [1.165, 1.54) is 0 Å². The van der Waals surface area contributed by atoms with Crippen molar-refractivity contribution in [2.24, 2.45) is 0 Å². The van der Waals surface area contributed by atoms with Gasteiger partial charge in [0.1, 0.15) is 11.6 Å². The average molecular weight is 408 g/mol. The molecule has 0 atom stereocenters. The first-order chi connectivity index (χ1) is 14.7. The molecule has 9 heteroatoms. The topological polar surface area (TPSA) is 96.6 Å². The lowest BCUT2D eigenvalue weighted by Gasteiger charge is -2.28. The molecule has 0 spiro atoms. The van der Waals surface area contributed by atoms with Crippen LogP contribution in [0.25, 0.3) is 22.4 Å². The van der Waals surface area contributed by atoms with Gasteiger partial charge < -0.3 is 19.6 Å². The first-order valence-electron chi connectivity index (χ1n) is 10.3. The number of fused-ring (bicyclic) bond motifs is 1. The summed E-state index contributed by atoms with van der Waals surface area (Å²) in [6, 6.07) is 6.95. The number of benzene rings is 1. The van der Waals surface area contributed by atoms with Crippen molar-refractivity contribution in [3.63, 3.8) is 0 Å². The van der Waals surface area contributed by atoms with Crippen molar-refractivity contribution in [2.75, 3.05) is 44.3 Å². The standard InChI is InChI=1S/C21H24N6O3/c28-16-4-1-3-15(13-16)19-23-20(26-9-11-30-12-10-26)17-14-22-27(21(17)24-19)8-7-25-6-2-5-18(25)29/h1,3-4,13-14,28H,2,5-12H2. The summed E-state index contributed by atoms with van der Waals surface area (Å²) >= 11 is 0. The van der Waals surface area contributed by atoms with Gasteiger partial charge in [-0.1, -0.05) is 12.1 Å². The summed E-state index contributed by atoms with van der Waals surface area (Å²) in [4.78, 5) is 25.6. The van der Waals surface area contributed by atoms with Crippen molar-refractivity contribution >= 4 is 22.8 Å². The summed E-state index contributed by atoms with van der Waals surface area (Å²) in [5, 5.41) is 15.4. The van der Waals surface area contributed by atoms with Crippen LogP contribution in [0, 0.1) is 0 Å². The van der Waals surface area contributed by atoms with E-state index in [1.807, 2.05) is 15.6 Å². The molecule has 0 unspecified atom stereocenters. The van der Waals surface area contributed by atoms with Crippen LogP contribution in [0.1, 0.15) is 12.8 Å². The van der Waals surface area contributed by atoms with Gasteiger partial charge in [-0.05, 0) is 18.6 Å². The monoisotopic (exact) mass is 408 g/mol. The molecule has 2 fully saturated rings. The Morgan fingerprint density at radius 1 is 1.10 bits per heavy atom. The molecule has 1 aromatic carbocycles. The van der Waals surface area contributed by atoms with Crippen LogP contribution in [-0.4, -0.2) is 75.1 Å². The molecule has 5 rings (SSSR count). The quantitative estimate of drug-likeness (QED) is 0.686. The zero-order valence-electron chi connectivity index (χ0n) is 16.7. The molecule has 1 amide bonds. The second-order valence-corrected chi connectivity index (χ2v) is 7.61. The van der Waals surface area contributed by atoms with E-state index in [0.717, 1.165) is 48.5 Å². The minimum Gasteiger partial charge on any atom is -0.508 e. The van der Waals surface area contributed by atoms with Gasteiger partial charge >= 0.3 is 0 Å². The molecule has 9 nitrogen and oxygen atoms in total. The molecule has 2 aliphatic rings. The van der Waals surface area contributed by atoms with E-state index in [0.29, 0.717) is 38.5 Å². The van der Waals surface area contributed by atoms with Crippen LogP contribution in [0.15, 0.2) is 30.5 Å². The fourth-order valence-corrected chi connectivity index (χ4v) is 4.05. The maximum absolute atomic E-state index is 12.0. The molecule has 0 bridgehead atoms. The van der Waals surface area contributed by atoms with Crippen molar-refractivity contribution in [1.82, 2.24) is 24.6 Å². The van der Waals surface area contributed by atoms with Crippen LogP contribution < -0.4 is 4.90 Å². The number of carbonyl (C=O) groups excluding carboxylic acids is 1. The highest BCUT2D eigenvalue weighted by atomic mass is 16.5. The molecular formula is C21H24N6O3. The fourth-order valence-electron chi connectivity index (χ4n) is 4.05. The molecule has 3 aromatic rings. The highest BCUT2D eigenvalue weighted by molar-refractivity contribution is 5.89. The highest BCUT2D eigenvalue weighted by Crippen LogP contribution is 2.29. The molecule has 4 heterocycles. The summed E-state index contributed by atoms with van der Waals surface area (Å²) < 4.78 is 7.34. The van der Waals surface area contributed by atoms with E-state index in [4.69, 9.17) is 14.7 Å². The predicted octanol–water partition coefficient (Wildman–Crippen LogP) is 1.66. The van der Waals surface area contributed by atoms with Crippen LogP contribution in [-0.2, 0) is 16.1 Å². The average Bonchev–Trinajstić information content (AvgIpc) is 3.38. The Kier molecular flexibility index (Phi) is 4.96. The number of rotatable bonds is 5. The SMILES string of the molecule is O=C1CCCN1CCn1ncc2c(N3CCOCC3)nc(-c3cccc(O)c3)nc21. The number of aromatic hydroxyl groups is 1. The number of carbonyl (C=O) groups is 1. The number of phenols is 1. The van der Waals surface area contributed by atoms with Gasteiger partial charge in [-0.15, -0.1) is 0 Å². The van der Waals surface area contributed by atoms with Crippen LogP contribution in [0.4, 0.5) is 5.82 Å². The lowest BCUT2D eigenvalue weighted by Crippen LogP contribution is -2.37. The van der Waals surface area contributed by atoms with Crippen molar-refractivity contribution in [1.29, 1.82) is 0 Å². The number of likely N-dealkylation sites (tertiary alicyclic amines) is 1. The van der Waals surface area contributed by atoms with Gasteiger partial charge in [0.15, 0.2) is 11.5 Å². The molecule has 0 aliphatic carbocycles. The summed E-state index contributed by atoms with van der Waals surface area (Å²) in [6.45, 7) is 4.80. The smallest absolute Gasteiger partial charge is 0.222 e. The third kappa shape index (κ3) is 3.56. The number of morpholine rings is 1. The normalized spacial score (nSPS) is 17.3. The third-order valence-corrected chi connectivity index (χ3v) is 5.64. The zero-order chi connectivity index (χ0) is 20.5. The van der Waals surface area contributed by atoms with Crippen molar-refractivity contribution in [2.45, 2.75) is 19.4 Å². The number of hydrogen-bond donors (Lipinski definition) is 1. The number of ether oxygens (including phenoxy) is 1. The van der Waals surface area contributed by atoms with E-state index in [-0.39, 0.29) is 11.7 Å². The van der Waals surface area contributed by atoms with E-state index < -0.39 is 0 Å². The number of hydrogen-bond acceptors (Lipinski definition) is 7. The molecule has 2 aromatic heterocycles. The largest absolute Gasteiger partial charge is 0.508 e. The summed E-state index contributed by atoms with van der Waals surface area (Å²) in [5.41, 5.74) is 1.48. The summed E-state index contributed by atoms with van der Waals surface area (Å²) in [7, 11) is 0. The van der Waals surface area contributed by atoms with Crippen LogP contribution in [0.3, 0.4) is 0 Å². The number of amides is 1. The second-order valence-electron chi connectivity index (χ2n) is 7.61. The summed E-state index contributed by atoms with van der Waals surface area (Å²) in [5.74, 6) is 1.74. The lowest BCUT2D eigenvalue weighted by molar-refractivity contribution is -0.127. The van der Waals surface area contributed by atoms with Gasteiger partial charge in [0.2, 0.25) is 5.91 Å². The van der Waals surface area contributed by atoms with E-state index in [9.17, 15) is 9.90 Å². The Bertz CT molecular complexity index is 1080. The zero-order valence-corrected chi connectivity index (χ0v) is 16.7. The molecule has 0 radical (unpaired) electrons. The Hall–Kier alpha value is -3.20. The molecule has 30 heavy (non-hydrogen) atoms. The minimum absolute atomic E-state index is 0.171.